The quantitative estimate of drug-likeness (QED) is 0.861. The zero-order chi connectivity index (χ0) is 18.4. The third-order valence-corrected chi connectivity index (χ3v) is 4.35. The number of likely N-dealkylation sites (tertiary alicyclic amines) is 1. The van der Waals surface area contributed by atoms with Crippen LogP contribution >= 0.6 is 0 Å². The van der Waals surface area contributed by atoms with Crippen LogP contribution in [-0.4, -0.2) is 42.5 Å². The van der Waals surface area contributed by atoms with Gasteiger partial charge in [0, 0.05) is 36.5 Å². The number of nitrogens with one attached hydrogen (secondary N) is 1. The van der Waals surface area contributed by atoms with Gasteiger partial charge in [0.25, 0.3) is 5.91 Å². The van der Waals surface area contributed by atoms with Crippen molar-refractivity contribution >= 4 is 11.8 Å². The van der Waals surface area contributed by atoms with E-state index in [-0.39, 0.29) is 23.8 Å². The fourth-order valence-corrected chi connectivity index (χ4v) is 3.03. The average Bonchev–Trinajstić information content (AvgIpc) is 2.59. The molecule has 0 saturated carbocycles. The Bertz CT molecular complexity index is 581. The van der Waals surface area contributed by atoms with Crippen molar-refractivity contribution in [3.8, 4) is 5.75 Å². The lowest BCUT2D eigenvalue weighted by Crippen LogP contribution is -2.43. The summed E-state index contributed by atoms with van der Waals surface area (Å²) in [5.41, 5.74) is 0.632. The molecule has 5 nitrogen and oxygen atoms in total. The lowest BCUT2D eigenvalue weighted by Gasteiger charge is -2.33. The molecule has 2 rings (SSSR count). The SMILES string of the molecule is CC(C)NC(=O)c1ccc(OC[C@@H]2CCCN(C(=O)C(C)C)C2)cc1. The fourth-order valence-electron chi connectivity index (χ4n) is 3.03. The number of hydrogen-bond acceptors (Lipinski definition) is 3. The number of piperidine rings is 1. The minimum absolute atomic E-state index is 0.0456. The van der Waals surface area contributed by atoms with Crippen LogP contribution in [0, 0.1) is 11.8 Å². The molecule has 1 heterocycles. The molecule has 5 heteroatoms. The molecule has 1 aliphatic rings. The van der Waals surface area contributed by atoms with E-state index in [0.717, 1.165) is 31.7 Å². The van der Waals surface area contributed by atoms with E-state index in [1.54, 1.807) is 12.1 Å². The summed E-state index contributed by atoms with van der Waals surface area (Å²) in [6.07, 6.45) is 2.11. The van der Waals surface area contributed by atoms with Gasteiger partial charge in [-0.3, -0.25) is 9.59 Å². The Hall–Kier alpha value is -2.04. The number of benzene rings is 1. The van der Waals surface area contributed by atoms with E-state index >= 15 is 0 Å². The van der Waals surface area contributed by atoms with Gasteiger partial charge in [-0.2, -0.15) is 0 Å². The summed E-state index contributed by atoms with van der Waals surface area (Å²) >= 11 is 0. The maximum absolute atomic E-state index is 12.1. The van der Waals surface area contributed by atoms with Crippen molar-refractivity contribution in [1.29, 1.82) is 0 Å². The van der Waals surface area contributed by atoms with Gasteiger partial charge < -0.3 is 15.0 Å². The number of amides is 2. The Morgan fingerprint density at radius 1 is 1.20 bits per heavy atom. The molecule has 1 fully saturated rings. The zero-order valence-corrected chi connectivity index (χ0v) is 15.7. The highest BCUT2D eigenvalue weighted by molar-refractivity contribution is 5.94. The van der Waals surface area contributed by atoms with Crippen molar-refractivity contribution in [3.63, 3.8) is 0 Å². The third kappa shape index (κ3) is 5.76. The summed E-state index contributed by atoms with van der Waals surface area (Å²) < 4.78 is 5.88. The normalized spacial score (nSPS) is 17.7. The van der Waals surface area contributed by atoms with Crippen molar-refractivity contribution in [3.05, 3.63) is 29.8 Å². The Balaban J connectivity index is 1.84. The number of nitrogens with zero attached hydrogens (tertiary/aromatic N) is 1. The van der Waals surface area contributed by atoms with E-state index in [4.69, 9.17) is 4.74 Å². The van der Waals surface area contributed by atoms with E-state index < -0.39 is 0 Å². The summed E-state index contributed by atoms with van der Waals surface area (Å²) in [4.78, 5) is 26.0. The molecule has 1 aliphatic heterocycles. The second kappa shape index (κ2) is 8.88. The highest BCUT2D eigenvalue weighted by Gasteiger charge is 2.25. The first-order valence-corrected chi connectivity index (χ1v) is 9.19. The van der Waals surface area contributed by atoms with Gasteiger partial charge in [0.05, 0.1) is 6.61 Å². The highest BCUT2D eigenvalue weighted by atomic mass is 16.5. The Labute approximate surface area is 150 Å². The number of hydrogen-bond donors (Lipinski definition) is 1. The molecule has 1 N–H and O–H groups in total. The average molecular weight is 346 g/mol. The largest absolute Gasteiger partial charge is 0.493 e. The van der Waals surface area contributed by atoms with Crippen molar-refractivity contribution in [2.45, 2.75) is 46.6 Å². The second-order valence-corrected chi connectivity index (χ2v) is 7.41. The molecular weight excluding hydrogens is 316 g/mol. The molecule has 2 amide bonds. The van der Waals surface area contributed by atoms with Crippen molar-refractivity contribution in [2.24, 2.45) is 11.8 Å². The van der Waals surface area contributed by atoms with Crippen molar-refractivity contribution in [2.75, 3.05) is 19.7 Å². The van der Waals surface area contributed by atoms with Crippen LogP contribution < -0.4 is 10.1 Å². The summed E-state index contributed by atoms with van der Waals surface area (Å²) in [6.45, 7) is 9.98. The molecule has 25 heavy (non-hydrogen) atoms. The van der Waals surface area contributed by atoms with Crippen LogP contribution in [-0.2, 0) is 4.79 Å². The first-order chi connectivity index (χ1) is 11.9. The molecule has 1 atom stereocenters. The van der Waals surface area contributed by atoms with E-state index in [2.05, 4.69) is 5.32 Å². The topological polar surface area (TPSA) is 58.6 Å². The van der Waals surface area contributed by atoms with Crippen LogP contribution in [0.15, 0.2) is 24.3 Å². The molecule has 0 aliphatic carbocycles. The van der Waals surface area contributed by atoms with Crippen LogP contribution in [0.5, 0.6) is 5.75 Å². The van der Waals surface area contributed by atoms with Crippen LogP contribution in [0.2, 0.25) is 0 Å². The van der Waals surface area contributed by atoms with E-state index in [1.807, 2.05) is 44.7 Å². The van der Waals surface area contributed by atoms with E-state index in [9.17, 15) is 9.59 Å². The molecule has 138 valence electrons. The molecule has 1 aromatic rings. The van der Waals surface area contributed by atoms with Crippen molar-refractivity contribution < 1.29 is 14.3 Å². The van der Waals surface area contributed by atoms with Gasteiger partial charge in [0.1, 0.15) is 5.75 Å². The highest BCUT2D eigenvalue weighted by Crippen LogP contribution is 2.20. The minimum Gasteiger partial charge on any atom is -0.493 e. The second-order valence-electron chi connectivity index (χ2n) is 7.41. The maximum Gasteiger partial charge on any atom is 0.251 e. The molecule has 1 aromatic carbocycles. The summed E-state index contributed by atoms with van der Waals surface area (Å²) in [5.74, 6) is 1.32. The Morgan fingerprint density at radius 2 is 1.88 bits per heavy atom. The number of ether oxygens (including phenoxy) is 1. The van der Waals surface area contributed by atoms with Gasteiger partial charge in [-0.05, 0) is 51.0 Å². The Kier molecular flexibility index (Phi) is 6.85. The molecule has 0 aromatic heterocycles. The van der Waals surface area contributed by atoms with Crippen LogP contribution in [0.3, 0.4) is 0 Å². The van der Waals surface area contributed by atoms with Crippen LogP contribution in [0.1, 0.15) is 50.9 Å². The minimum atomic E-state index is -0.0725. The summed E-state index contributed by atoms with van der Waals surface area (Å²) in [7, 11) is 0. The lowest BCUT2D eigenvalue weighted by atomic mass is 9.98. The molecular formula is C20H30N2O3. The van der Waals surface area contributed by atoms with Gasteiger partial charge in [-0.25, -0.2) is 0 Å². The van der Waals surface area contributed by atoms with Crippen LogP contribution in [0.4, 0.5) is 0 Å². The molecule has 0 unspecified atom stereocenters. The predicted molar refractivity (Wildman–Crippen MR) is 98.7 cm³/mol. The smallest absolute Gasteiger partial charge is 0.251 e. The first kappa shape index (κ1) is 19.3. The van der Waals surface area contributed by atoms with Crippen LogP contribution in [0.25, 0.3) is 0 Å². The number of rotatable bonds is 6. The summed E-state index contributed by atoms with van der Waals surface area (Å²) in [6, 6.07) is 7.33. The van der Waals surface area contributed by atoms with Gasteiger partial charge in [-0.15, -0.1) is 0 Å². The first-order valence-electron chi connectivity index (χ1n) is 9.19. The van der Waals surface area contributed by atoms with Gasteiger partial charge in [0.15, 0.2) is 0 Å². The Morgan fingerprint density at radius 3 is 2.48 bits per heavy atom. The van der Waals surface area contributed by atoms with Gasteiger partial charge in [-0.1, -0.05) is 13.8 Å². The number of carbonyl (C=O) groups is 2. The standard InChI is InChI=1S/C20H30N2O3/c1-14(2)20(24)22-11-5-6-16(12-22)13-25-18-9-7-17(8-10-18)19(23)21-15(3)4/h7-10,14-16H,5-6,11-13H2,1-4H3,(H,21,23)/t16-/m1/s1. The maximum atomic E-state index is 12.1. The van der Waals surface area contributed by atoms with Gasteiger partial charge >= 0.3 is 0 Å². The monoisotopic (exact) mass is 346 g/mol. The van der Waals surface area contributed by atoms with Crippen molar-refractivity contribution in [1.82, 2.24) is 10.2 Å². The number of carbonyl (C=O) groups excluding carboxylic acids is 2. The summed E-state index contributed by atoms with van der Waals surface area (Å²) in [5, 5.41) is 2.87. The zero-order valence-electron chi connectivity index (χ0n) is 15.7. The fraction of sp³-hybridized carbons (Fsp3) is 0.600. The van der Waals surface area contributed by atoms with E-state index in [0.29, 0.717) is 18.1 Å². The predicted octanol–water partition coefficient (Wildman–Crippen LogP) is 3.10. The lowest BCUT2D eigenvalue weighted by molar-refractivity contribution is -0.136. The molecule has 1 saturated heterocycles. The van der Waals surface area contributed by atoms with E-state index in [1.165, 1.54) is 0 Å². The molecule has 0 radical (unpaired) electrons. The molecule has 0 spiro atoms. The molecule has 0 bridgehead atoms. The third-order valence-electron chi connectivity index (χ3n) is 4.35. The van der Waals surface area contributed by atoms with Gasteiger partial charge in [0.2, 0.25) is 5.91 Å².